The molecule has 3 heterocycles. The maximum absolute atomic E-state index is 13.2. The molecule has 1 fully saturated rings. The number of H-pyrrole nitrogens is 1. The summed E-state index contributed by atoms with van der Waals surface area (Å²) in [6, 6.07) is 5.69. The lowest BCUT2D eigenvalue weighted by molar-refractivity contribution is 0.0732. The van der Waals surface area contributed by atoms with Crippen LogP contribution in [0.25, 0.3) is 0 Å². The minimum absolute atomic E-state index is 0.144. The molecule has 1 aliphatic carbocycles. The van der Waals surface area contributed by atoms with Gasteiger partial charge in [0.15, 0.2) is 0 Å². The average molecular weight is 437 g/mol. The highest BCUT2D eigenvalue weighted by Gasteiger charge is 2.32. The molecular formula is C25H29FN4O2. The van der Waals surface area contributed by atoms with E-state index in [0.717, 1.165) is 50.3 Å². The molecule has 2 aromatic rings. The van der Waals surface area contributed by atoms with E-state index < -0.39 is 0 Å². The number of nitrogens with one attached hydrogen (secondary N) is 1. The highest BCUT2D eigenvalue weighted by atomic mass is 19.1. The van der Waals surface area contributed by atoms with Gasteiger partial charge in [-0.1, -0.05) is 12.2 Å². The Labute approximate surface area is 187 Å². The van der Waals surface area contributed by atoms with E-state index in [1.807, 2.05) is 0 Å². The molecule has 168 valence electrons. The number of halogens is 1. The number of aromatic amines is 1. The number of carbonyl (C=O) groups excluding carboxylic acids is 1. The van der Waals surface area contributed by atoms with Gasteiger partial charge < -0.3 is 9.88 Å². The van der Waals surface area contributed by atoms with Crippen LogP contribution in [0.1, 0.15) is 65.6 Å². The molecule has 0 radical (unpaired) electrons. The zero-order valence-electron chi connectivity index (χ0n) is 18.2. The average Bonchev–Trinajstić information content (AvgIpc) is 3.27. The Morgan fingerprint density at radius 3 is 2.78 bits per heavy atom. The van der Waals surface area contributed by atoms with Gasteiger partial charge in [0, 0.05) is 25.1 Å². The molecule has 1 aromatic carbocycles. The van der Waals surface area contributed by atoms with Crippen LogP contribution >= 0.6 is 0 Å². The maximum Gasteiger partial charge on any atom is 0.256 e. The molecule has 5 rings (SSSR count). The number of amides is 1. The van der Waals surface area contributed by atoms with E-state index in [1.165, 1.54) is 30.7 Å². The minimum Gasteiger partial charge on any atom is -0.334 e. The Morgan fingerprint density at radius 1 is 1.16 bits per heavy atom. The lowest BCUT2D eigenvalue weighted by atomic mass is 9.93. The lowest BCUT2D eigenvalue weighted by Crippen LogP contribution is -2.40. The second-order valence-electron chi connectivity index (χ2n) is 9.16. The van der Waals surface area contributed by atoms with Gasteiger partial charge in [-0.25, -0.2) is 9.37 Å². The van der Waals surface area contributed by atoms with Crippen molar-refractivity contribution in [3.8, 4) is 0 Å². The summed E-state index contributed by atoms with van der Waals surface area (Å²) in [5.74, 6) is 0.883. The van der Waals surface area contributed by atoms with E-state index in [2.05, 4.69) is 22.0 Å². The third-order valence-electron chi connectivity index (χ3n) is 7.01. The predicted molar refractivity (Wildman–Crippen MR) is 120 cm³/mol. The second kappa shape index (κ2) is 8.98. The van der Waals surface area contributed by atoms with Crippen molar-refractivity contribution in [3.63, 3.8) is 0 Å². The predicted octanol–water partition coefficient (Wildman–Crippen LogP) is 3.60. The molecule has 3 aliphatic rings. The molecule has 1 aromatic heterocycles. The van der Waals surface area contributed by atoms with E-state index in [1.54, 1.807) is 4.90 Å². The molecule has 0 unspecified atom stereocenters. The number of hydrogen-bond donors (Lipinski definition) is 1. The van der Waals surface area contributed by atoms with Crippen molar-refractivity contribution in [3.05, 3.63) is 75.2 Å². The topological polar surface area (TPSA) is 69.3 Å². The van der Waals surface area contributed by atoms with Crippen LogP contribution in [0.5, 0.6) is 0 Å². The summed E-state index contributed by atoms with van der Waals surface area (Å²) in [4.78, 5) is 37.8. The van der Waals surface area contributed by atoms with Crippen molar-refractivity contribution >= 4 is 5.91 Å². The summed E-state index contributed by atoms with van der Waals surface area (Å²) < 4.78 is 13.2. The first-order valence-corrected chi connectivity index (χ1v) is 11.6. The molecule has 2 aliphatic heterocycles. The number of nitrogens with zero attached hydrogens (tertiary/aromatic N) is 3. The molecule has 0 saturated carbocycles. The molecule has 7 heteroatoms. The van der Waals surface area contributed by atoms with Crippen LogP contribution in [0, 0.1) is 11.7 Å². The quantitative estimate of drug-likeness (QED) is 0.744. The van der Waals surface area contributed by atoms with E-state index in [9.17, 15) is 14.0 Å². The molecular weight excluding hydrogens is 407 g/mol. The molecule has 1 N–H and O–H groups in total. The van der Waals surface area contributed by atoms with Gasteiger partial charge in [-0.15, -0.1) is 0 Å². The standard InChI is InChI=1S/C25H29FN4O2/c26-19-10-8-18(9-11-19)25(32)30-14-12-21-20(16-30)24(31)28-23(27-21)22-7-4-13-29(22)15-17-5-2-1-3-6-17/h1-2,8-11,17,22H,3-7,12-16H2,(H,27,28,31)/t17-,22-/m1/s1. The van der Waals surface area contributed by atoms with Gasteiger partial charge in [0.2, 0.25) is 0 Å². The summed E-state index contributed by atoms with van der Waals surface area (Å²) >= 11 is 0. The first kappa shape index (κ1) is 21.1. The van der Waals surface area contributed by atoms with Gasteiger partial charge in [0.1, 0.15) is 11.6 Å². The fourth-order valence-electron chi connectivity index (χ4n) is 5.26. The number of allylic oxidation sites excluding steroid dienone is 2. The van der Waals surface area contributed by atoms with E-state index in [4.69, 9.17) is 4.98 Å². The van der Waals surface area contributed by atoms with Gasteiger partial charge >= 0.3 is 0 Å². The SMILES string of the molecule is O=C(c1ccc(F)cc1)N1CCc2nc([C@H]3CCCN3C[C@@H]3CC=CCC3)[nH]c(=O)c2C1. The van der Waals surface area contributed by atoms with Gasteiger partial charge in [-0.05, 0) is 68.8 Å². The summed E-state index contributed by atoms with van der Waals surface area (Å²) in [6.45, 7) is 2.83. The number of likely N-dealkylation sites (tertiary alicyclic amines) is 1. The fraction of sp³-hybridized carbons (Fsp3) is 0.480. The van der Waals surface area contributed by atoms with E-state index >= 15 is 0 Å². The molecule has 2 atom stereocenters. The fourth-order valence-corrected chi connectivity index (χ4v) is 5.26. The Hall–Kier alpha value is -2.80. The molecule has 1 amide bonds. The van der Waals surface area contributed by atoms with Crippen molar-refractivity contribution < 1.29 is 9.18 Å². The highest BCUT2D eigenvalue weighted by molar-refractivity contribution is 5.94. The Bertz CT molecular complexity index is 1080. The third-order valence-corrected chi connectivity index (χ3v) is 7.01. The monoisotopic (exact) mass is 436 g/mol. The number of benzene rings is 1. The normalized spacial score (nSPS) is 23.3. The largest absolute Gasteiger partial charge is 0.334 e. The number of hydrogen-bond acceptors (Lipinski definition) is 4. The van der Waals surface area contributed by atoms with Crippen molar-refractivity contribution in [1.29, 1.82) is 0 Å². The van der Waals surface area contributed by atoms with E-state index in [0.29, 0.717) is 30.0 Å². The number of aromatic nitrogens is 2. The number of fused-ring (bicyclic) bond motifs is 1. The van der Waals surface area contributed by atoms with Gasteiger partial charge in [-0.3, -0.25) is 14.5 Å². The summed E-state index contributed by atoms with van der Waals surface area (Å²) in [5.41, 5.74) is 1.65. The second-order valence-corrected chi connectivity index (χ2v) is 9.16. The van der Waals surface area contributed by atoms with Crippen LogP contribution < -0.4 is 5.56 Å². The van der Waals surface area contributed by atoms with Crippen LogP contribution in [0.4, 0.5) is 4.39 Å². The van der Waals surface area contributed by atoms with Crippen molar-refractivity contribution in [2.24, 2.45) is 5.92 Å². The van der Waals surface area contributed by atoms with Crippen molar-refractivity contribution in [2.75, 3.05) is 19.6 Å². The number of carbonyl (C=O) groups is 1. The van der Waals surface area contributed by atoms with Crippen LogP contribution in [-0.4, -0.2) is 45.3 Å². The molecule has 1 saturated heterocycles. The van der Waals surface area contributed by atoms with Gasteiger partial charge in [0.05, 0.1) is 23.8 Å². The maximum atomic E-state index is 13.2. The summed E-state index contributed by atoms with van der Waals surface area (Å²) in [5, 5.41) is 0. The minimum atomic E-state index is -0.375. The molecule has 0 spiro atoms. The summed E-state index contributed by atoms with van der Waals surface area (Å²) in [6.07, 6.45) is 10.8. The van der Waals surface area contributed by atoms with Gasteiger partial charge in [-0.2, -0.15) is 0 Å². The molecule has 6 nitrogen and oxygen atoms in total. The third kappa shape index (κ3) is 4.26. The van der Waals surface area contributed by atoms with Gasteiger partial charge in [0.25, 0.3) is 11.5 Å². The zero-order valence-corrected chi connectivity index (χ0v) is 18.2. The molecule has 0 bridgehead atoms. The van der Waals surface area contributed by atoms with E-state index in [-0.39, 0.29) is 29.9 Å². The smallest absolute Gasteiger partial charge is 0.256 e. The van der Waals surface area contributed by atoms with Crippen LogP contribution in [-0.2, 0) is 13.0 Å². The highest BCUT2D eigenvalue weighted by Crippen LogP contribution is 2.32. The molecule has 32 heavy (non-hydrogen) atoms. The Balaban J connectivity index is 1.32. The van der Waals surface area contributed by atoms with Crippen LogP contribution in [0.3, 0.4) is 0 Å². The Morgan fingerprint density at radius 2 is 2.00 bits per heavy atom. The Kier molecular flexibility index (Phi) is 5.91. The van der Waals surface area contributed by atoms with Crippen molar-refractivity contribution in [2.45, 2.75) is 51.1 Å². The van der Waals surface area contributed by atoms with Crippen LogP contribution in [0.2, 0.25) is 0 Å². The lowest BCUT2D eigenvalue weighted by Gasteiger charge is -2.31. The first-order chi connectivity index (χ1) is 15.6. The summed E-state index contributed by atoms with van der Waals surface area (Å²) in [7, 11) is 0. The van der Waals surface area contributed by atoms with Crippen molar-refractivity contribution in [1.82, 2.24) is 19.8 Å². The van der Waals surface area contributed by atoms with Crippen LogP contribution in [0.15, 0.2) is 41.2 Å². The zero-order chi connectivity index (χ0) is 22.1. The first-order valence-electron chi connectivity index (χ1n) is 11.6. The number of rotatable bonds is 4.